The van der Waals surface area contributed by atoms with Gasteiger partial charge in [-0.2, -0.15) is 0 Å². The van der Waals surface area contributed by atoms with Crippen molar-refractivity contribution in [2.45, 2.75) is 52.2 Å². The second kappa shape index (κ2) is 15.6. The van der Waals surface area contributed by atoms with Crippen LogP contribution in [0.5, 0.6) is 0 Å². The highest BCUT2D eigenvalue weighted by Gasteiger charge is 2.36. The molecule has 12 heteroatoms. The summed E-state index contributed by atoms with van der Waals surface area (Å²) in [6.07, 6.45) is 6.82. The maximum Gasteiger partial charge on any atom is 0.323 e. The molecule has 38 heavy (non-hydrogen) atoms. The van der Waals surface area contributed by atoms with Crippen LogP contribution in [-0.4, -0.2) is 63.4 Å². The number of amides is 2. The van der Waals surface area contributed by atoms with E-state index in [1.165, 1.54) is 0 Å². The molecule has 212 valence electrons. The molecular formula is C26H39N3O8S. The second-order valence-electron chi connectivity index (χ2n) is 9.59. The molecule has 1 aromatic carbocycles. The van der Waals surface area contributed by atoms with Crippen LogP contribution in [0.1, 0.15) is 51.5 Å². The Hall–Kier alpha value is -2.80. The van der Waals surface area contributed by atoms with Crippen LogP contribution in [-0.2, 0) is 38.7 Å². The number of allylic oxidation sites excluding steroid dienone is 1. The van der Waals surface area contributed by atoms with Crippen molar-refractivity contribution in [3.05, 3.63) is 42.0 Å². The van der Waals surface area contributed by atoms with Gasteiger partial charge in [0.1, 0.15) is 6.54 Å². The molecule has 1 aromatic rings. The minimum atomic E-state index is -4.01. The first kappa shape index (κ1) is 31.4. The molecule has 0 bridgehead atoms. The molecule has 0 saturated carbocycles. The summed E-state index contributed by atoms with van der Waals surface area (Å²) >= 11 is 0. The number of hydrogen-bond acceptors (Lipinski definition) is 8. The Morgan fingerprint density at radius 2 is 1.84 bits per heavy atom. The molecule has 0 aliphatic carbocycles. The molecule has 1 heterocycles. The van der Waals surface area contributed by atoms with Gasteiger partial charge in [0.15, 0.2) is 6.29 Å². The van der Waals surface area contributed by atoms with E-state index in [2.05, 4.69) is 15.6 Å². The van der Waals surface area contributed by atoms with Crippen LogP contribution in [0.15, 0.2) is 36.4 Å². The number of esters is 1. The highest BCUT2D eigenvalue weighted by molar-refractivity contribution is 7.88. The van der Waals surface area contributed by atoms with Gasteiger partial charge in [-0.15, -0.1) is 4.41 Å². The van der Waals surface area contributed by atoms with Crippen LogP contribution < -0.4 is 10.9 Å². The van der Waals surface area contributed by atoms with Gasteiger partial charge in [-0.1, -0.05) is 56.3 Å². The van der Waals surface area contributed by atoms with Crippen LogP contribution >= 0.6 is 0 Å². The van der Waals surface area contributed by atoms with Gasteiger partial charge >= 0.3 is 5.97 Å². The maximum atomic E-state index is 13.5. The number of carbonyl (C=O) groups excluding carboxylic acids is 3. The number of methoxy groups -OCH3 is 1. The van der Waals surface area contributed by atoms with Crippen molar-refractivity contribution in [2.24, 2.45) is 17.8 Å². The van der Waals surface area contributed by atoms with Gasteiger partial charge < -0.3 is 9.47 Å². The lowest BCUT2D eigenvalue weighted by Gasteiger charge is -2.29. The molecule has 3 atom stereocenters. The highest BCUT2D eigenvalue weighted by Crippen LogP contribution is 2.26. The van der Waals surface area contributed by atoms with Crippen molar-refractivity contribution in [1.82, 2.24) is 15.3 Å². The lowest BCUT2D eigenvalue weighted by molar-refractivity contribution is -0.203. The van der Waals surface area contributed by atoms with E-state index in [1.807, 2.05) is 50.3 Å². The number of carbonyl (C=O) groups is 3. The SMILES string of the molecule is COC(=O)CN(NC(=O)[C@H](CC(C)C)[C@H](C/C=C/c1ccccc1)C(=O)NOC1CCCCO1)S(C)(=O)=O. The van der Waals surface area contributed by atoms with Gasteiger partial charge in [0, 0.05) is 13.0 Å². The van der Waals surface area contributed by atoms with E-state index in [-0.39, 0.29) is 18.8 Å². The Labute approximate surface area is 224 Å². The third kappa shape index (κ3) is 10.9. The summed E-state index contributed by atoms with van der Waals surface area (Å²) in [5.74, 6) is -3.94. The number of sulfonamides is 1. The summed E-state index contributed by atoms with van der Waals surface area (Å²) in [4.78, 5) is 44.1. The van der Waals surface area contributed by atoms with Crippen molar-refractivity contribution < 1.29 is 37.1 Å². The third-order valence-electron chi connectivity index (χ3n) is 5.95. The van der Waals surface area contributed by atoms with E-state index in [0.717, 1.165) is 31.8 Å². The summed E-state index contributed by atoms with van der Waals surface area (Å²) in [6.45, 7) is 3.61. The van der Waals surface area contributed by atoms with E-state index >= 15 is 0 Å². The molecule has 0 spiro atoms. The van der Waals surface area contributed by atoms with Crippen LogP contribution in [0.25, 0.3) is 6.08 Å². The van der Waals surface area contributed by atoms with Crippen molar-refractivity contribution in [3.8, 4) is 0 Å². The zero-order valence-electron chi connectivity index (χ0n) is 22.4. The van der Waals surface area contributed by atoms with Crippen LogP contribution in [0.4, 0.5) is 0 Å². The molecule has 2 amide bonds. The molecule has 0 aromatic heterocycles. The minimum Gasteiger partial charge on any atom is -0.468 e. The van der Waals surface area contributed by atoms with Gasteiger partial charge in [-0.05, 0) is 37.2 Å². The van der Waals surface area contributed by atoms with Gasteiger partial charge in [0.25, 0.3) is 0 Å². The van der Waals surface area contributed by atoms with E-state index in [4.69, 9.17) is 9.57 Å². The number of hydrogen-bond donors (Lipinski definition) is 2. The van der Waals surface area contributed by atoms with E-state index in [1.54, 1.807) is 6.08 Å². The smallest absolute Gasteiger partial charge is 0.323 e. The lowest BCUT2D eigenvalue weighted by atomic mass is 9.82. The predicted octanol–water partition coefficient (Wildman–Crippen LogP) is 2.41. The standard InChI is InChI=1S/C26H39N3O8S/c1-19(2)17-22(25(31)27-29(38(4,33)34)18-23(30)35-3)21(14-10-13-20-11-6-5-7-12-20)26(32)28-37-24-15-8-9-16-36-24/h5-7,10-13,19,21-22,24H,8-9,14-18H2,1-4H3,(H,27,31)(H,28,32)/b13-10+/t21-,22+,24?/m0/s1. The van der Waals surface area contributed by atoms with Crippen molar-refractivity contribution in [1.29, 1.82) is 0 Å². The number of hydroxylamine groups is 1. The van der Waals surface area contributed by atoms with E-state index in [9.17, 15) is 22.8 Å². The quantitative estimate of drug-likeness (QED) is 0.264. The molecule has 11 nitrogen and oxygen atoms in total. The van der Waals surface area contributed by atoms with Crippen molar-refractivity contribution in [2.75, 3.05) is 26.5 Å². The average Bonchev–Trinajstić information content (AvgIpc) is 2.88. The number of hydrazine groups is 1. The number of ether oxygens (including phenoxy) is 2. The zero-order chi connectivity index (χ0) is 28.1. The first-order valence-corrected chi connectivity index (χ1v) is 14.5. The molecule has 1 unspecified atom stereocenters. The third-order valence-corrected chi connectivity index (χ3v) is 6.97. The van der Waals surface area contributed by atoms with Gasteiger partial charge in [0.05, 0.1) is 25.2 Å². The fraction of sp³-hybridized carbons (Fsp3) is 0.577. The van der Waals surface area contributed by atoms with Crippen LogP contribution in [0.3, 0.4) is 0 Å². The predicted molar refractivity (Wildman–Crippen MR) is 141 cm³/mol. The molecule has 1 aliphatic heterocycles. The number of nitrogens with one attached hydrogen (secondary N) is 2. The number of benzene rings is 1. The van der Waals surface area contributed by atoms with Gasteiger partial charge in [-0.3, -0.25) is 19.8 Å². The van der Waals surface area contributed by atoms with Crippen LogP contribution in [0.2, 0.25) is 0 Å². The summed E-state index contributed by atoms with van der Waals surface area (Å²) in [7, 11) is -2.89. The molecule has 1 saturated heterocycles. The molecule has 1 aliphatic rings. The van der Waals surface area contributed by atoms with E-state index in [0.29, 0.717) is 17.4 Å². The molecular weight excluding hydrogens is 514 g/mol. The summed E-state index contributed by atoms with van der Waals surface area (Å²) in [5.41, 5.74) is 5.68. The summed E-state index contributed by atoms with van der Waals surface area (Å²) < 4.78 is 35.1. The Morgan fingerprint density at radius 1 is 1.13 bits per heavy atom. The highest BCUT2D eigenvalue weighted by atomic mass is 32.2. The summed E-state index contributed by atoms with van der Waals surface area (Å²) in [6, 6.07) is 9.48. The largest absolute Gasteiger partial charge is 0.468 e. The molecule has 2 N–H and O–H groups in total. The molecule has 2 rings (SSSR count). The maximum absolute atomic E-state index is 13.5. The fourth-order valence-corrected chi connectivity index (χ4v) is 4.56. The first-order valence-electron chi connectivity index (χ1n) is 12.6. The minimum absolute atomic E-state index is 0.00552. The molecule has 0 radical (unpaired) electrons. The van der Waals surface area contributed by atoms with E-state index < -0.39 is 52.5 Å². The van der Waals surface area contributed by atoms with Gasteiger partial charge in [-0.25, -0.2) is 18.7 Å². The Bertz CT molecular complexity index is 1040. The van der Waals surface area contributed by atoms with Gasteiger partial charge in [0.2, 0.25) is 21.8 Å². The normalized spacial score (nSPS) is 17.8. The average molecular weight is 554 g/mol. The monoisotopic (exact) mass is 553 g/mol. The Kier molecular flexibility index (Phi) is 12.9. The van der Waals surface area contributed by atoms with Crippen molar-refractivity contribution >= 4 is 33.9 Å². The van der Waals surface area contributed by atoms with Crippen LogP contribution in [0, 0.1) is 17.8 Å². The Balaban J connectivity index is 2.29. The number of nitrogens with zero attached hydrogens (tertiary/aromatic N) is 1. The molecule has 1 fully saturated rings. The summed E-state index contributed by atoms with van der Waals surface area (Å²) in [5, 5.41) is 0. The first-order chi connectivity index (χ1) is 18.0. The fourth-order valence-electron chi connectivity index (χ4n) is 3.96. The Morgan fingerprint density at radius 3 is 2.42 bits per heavy atom. The zero-order valence-corrected chi connectivity index (χ0v) is 23.2. The number of rotatable bonds is 14. The topological polar surface area (TPSA) is 140 Å². The second-order valence-corrected chi connectivity index (χ2v) is 11.5. The van der Waals surface area contributed by atoms with Crippen molar-refractivity contribution in [3.63, 3.8) is 0 Å². The lowest BCUT2D eigenvalue weighted by Crippen LogP contribution is -2.52.